The monoisotopic (exact) mass is 247 g/mol. The summed E-state index contributed by atoms with van der Waals surface area (Å²) in [5.74, 6) is 2.52. The molecule has 0 unspecified atom stereocenters. The van der Waals surface area contributed by atoms with Crippen LogP contribution < -0.4 is 5.32 Å². The lowest BCUT2D eigenvalue weighted by Gasteiger charge is -2.19. The molecular weight excluding hydrogens is 230 g/mol. The van der Waals surface area contributed by atoms with E-state index in [1.54, 1.807) is 32.9 Å². The highest BCUT2D eigenvalue weighted by Crippen LogP contribution is 2.21. The molecule has 1 aromatic rings. The second-order valence-corrected chi connectivity index (χ2v) is 4.90. The van der Waals surface area contributed by atoms with E-state index in [-0.39, 0.29) is 5.75 Å². The number of nitrogens with one attached hydrogen (secondary N) is 1. The van der Waals surface area contributed by atoms with Gasteiger partial charge in [0.25, 0.3) is 0 Å². The number of phenolic OH excluding ortho intramolecular Hbond substituents is 1. The number of ether oxygens (including phenoxy) is 1. The number of benzene rings is 1. The fraction of sp³-hybridized carbons (Fsp3) is 0.357. The zero-order chi connectivity index (χ0) is 13.8. The molecule has 96 valence electrons. The van der Waals surface area contributed by atoms with Crippen LogP contribution >= 0.6 is 0 Å². The van der Waals surface area contributed by atoms with Gasteiger partial charge in [0.2, 0.25) is 0 Å². The minimum atomic E-state index is -0.570. The van der Waals surface area contributed by atoms with Crippen molar-refractivity contribution in [3.8, 4) is 18.1 Å². The molecule has 0 aromatic heterocycles. The molecule has 0 saturated carbocycles. The molecule has 4 heteroatoms. The lowest BCUT2D eigenvalue weighted by molar-refractivity contribution is 0.0636. The van der Waals surface area contributed by atoms with E-state index in [0.717, 1.165) is 5.56 Å². The zero-order valence-electron chi connectivity index (χ0n) is 10.8. The molecule has 0 radical (unpaired) electrons. The number of phenols is 1. The fourth-order valence-corrected chi connectivity index (χ4v) is 1.39. The maximum Gasteiger partial charge on any atom is 0.412 e. The number of hydrogen-bond acceptors (Lipinski definition) is 3. The van der Waals surface area contributed by atoms with Crippen LogP contribution in [0.25, 0.3) is 0 Å². The van der Waals surface area contributed by atoms with Gasteiger partial charge in [0.15, 0.2) is 0 Å². The van der Waals surface area contributed by atoms with E-state index in [4.69, 9.17) is 11.2 Å². The predicted octanol–water partition coefficient (Wildman–Crippen LogP) is 2.91. The van der Waals surface area contributed by atoms with E-state index >= 15 is 0 Å². The second kappa shape index (κ2) is 5.46. The molecule has 1 rings (SSSR count). The molecule has 4 nitrogen and oxygen atoms in total. The fourth-order valence-electron chi connectivity index (χ4n) is 1.39. The third-order valence-corrected chi connectivity index (χ3v) is 1.93. The lowest BCUT2D eigenvalue weighted by atomic mass is 10.1. The van der Waals surface area contributed by atoms with Crippen LogP contribution in [0.4, 0.5) is 10.5 Å². The highest BCUT2D eigenvalue weighted by molar-refractivity contribution is 5.85. The van der Waals surface area contributed by atoms with Crippen molar-refractivity contribution in [2.24, 2.45) is 0 Å². The molecule has 0 saturated heterocycles. The molecule has 0 fully saturated rings. The van der Waals surface area contributed by atoms with Crippen LogP contribution in [0.2, 0.25) is 0 Å². The summed E-state index contributed by atoms with van der Waals surface area (Å²) in [5, 5.41) is 12.1. The number of rotatable bonds is 2. The summed E-state index contributed by atoms with van der Waals surface area (Å²) in [6.45, 7) is 5.33. The van der Waals surface area contributed by atoms with E-state index < -0.39 is 11.7 Å². The van der Waals surface area contributed by atoms with Gasteiger partial charge in [-0.15, -0.1) is 12.3 Å². The van der Waals surface area contributed by atoms with E-state index in [1.807, 2.05) is 0 Å². The molecule has 0 aliphatic heterocycles. The Morgan fingerprint density at radius 2 is 2.11 bits per heavy atom. The predicted molar refractivity (Wildman–Crippen MR) is 70.5 cm³/mol. The van der Waals surface area contributed by atoms with Crippen molar-refractivity contribution >= 4 is 11.8 Å². The van der Waals surface area contributed by atoms with Crippen LogP contribution in [-0.4, -0.2) is 16.8 Å². The smallest absolute Gasteiger partial charge is 0.412 e. The van der Waals surface area contributed by atoms with Gasteiger partial charge in [-0.05, 0) is 38.5 Å². The first-order valence-electron chi connectivity index (χ1n) is 5.56. The van der Waals surface area contributed by atoms with Crippen molar-refractivity contribution in [1.82, 2.24) is 0 Å². The van der Waals surface area contributed by atoms with Crippen LogP contribution in [0.5, 0.6) is 5.75 Å². The Bertz CT molecular complexity index is 481. The van der Waals surface area contributed by atoms with Gasteiger partial charge in [-0.3, -0.25) is 5.32 Å². The Kier molecular flexibility index (Phi) is 4.22. The molecule has 0 aliphatic rings. The average Bonchev–Trinajstić information content (AvgIpc) is 2.12. The van der Waals surface area contributed by atoms with Crippen molar-refractivity contribution in [3.05, 3.63) is 23.8 Å². The lowest BCUT2D eigenvalue weighted by Crippen LogP contribution is -2.27. The maximum atomic E-state index is 11.6. The van der Waals surface area contributed by atoms with Crippen molar-refractivity contribution in [2.45, 2.75) is 32.8 Å². The third kappa shape index (κ3) is 4.79. The normalized spacial score (nSPS) is 10.6. The molecule has 0 spiro atoms. The summed E-state index contributed by atoms with van der Waals surface area (Å²) in [6, 6.07) is 4.69. The van der Waals surface area contributed by atoms with Gasteiger partial charge in [0, 0.05) is 18.2 Å². The topological polar surface area (TPSA) is 58.6 Å². The Hall–Kier alpha value is -2.15. The van der Waals surface area contributed by atoms with Crippen molar-refractivity contribution in [3.63, 3.8) is 0 Å². The van der Waals surface area contributed by atoms with Crippen LogP contribution in [0.15, 0.2) is 18.2 Å². The summed E-state index contributed by atoms with van der Waals surface area (Å²) < 4.78 is 5.11. The summed E-state index contributed by atoms with van der Waals surface area (Å²) in [5.41, 5.74) is 0.640. The van der Waals surface area contributed by atoms with Crippen LogP contribution in [-0.2, 0) is 11.2 Å². The van der Waals surface area contributed by atoms with Gasteiger partial charge in [-0.25, -0.2) is 4.79 Å². The van der Waals surface area contributed by atoms with Gasteiger partial charge in [0.1, 0.15) is 11.4 Å². The molecule has 1 aromatic carbocycles. The molecule has 0 bridgehead atoms. The zero-order valence-corrected chi connectivity index (χ0v) is 10.8. The first-order valence-corrected chi connectivity index (χ1v) is 5.56. The van der Waals surface area contributed by atoms with E-state index in [2.05, 4.69) is 11.2 Å². The Labute approximate surface area is 107 Å². The molecule has 1 amide bonds. The SMILES string of the molecule is C#CCc1cc(O)cc(NC(=O)OC(C)(C)C)c1. The van der Waals surface area contributed by atoms with Crippen LogP contribution in [0.3, 0.4) is 0 Å². The van der Waals surface area contributed by atoms with Crippen LogP contribution in [0.1, 0.15) is 26.3 Å². The Balaban J connectivity index is 2.79. The van der Waals surface area contributed by atoms with Gasteiger partial charge >= 0.3 is 6.09 Å². The number of anilines is 1. The molecule has 2 N–H and O–H groups in total. The molecule has 0 heterocycles. The molecule has 0 aliphatic carbocycles. The van der Waals surface area contributed by atoms with E-state index in [0.29, 0.717) is 12.1 Å². The Morgan fingerprint density at radius 1 is 1.44 bits per heavy atom. The number of amides is 1. The van der Waals surface area contributed by atoms with Crippen molar-refractivity contribution < 1.29 is 14.6 Å². The molecular formula is C14H17NO3. The number of terminal acetylenes is 1. The number of aromatic hydroxyl groups is 1. The molecule has 18 heavy (non-hydrogen) atoms. The van der Waals surface area contributed by atoms with Gasteiger partial charge in [-0.1, -0.05) is 0 Å². The number of hydrogen-bond donors (Lipinski definition) is 2. The first kappa shape index (κ1) is 13.9. The Morgan fingerprint density at radius 3 is 2.67 bits per heavy atom. The summed E-state index contributed by atoms with van der Waals surface area (Å²) in [6.07, 6.45) is 5.02. The summed E-state index contributed by atoms with van der Waals surface area (Å²) >= 11 is 0. The highest BCUT2D eigenvalue weighted by Gasteiger charge is 2.16. The maximum absolute atomic E-state index is 11.6. The average molecular weight is 247 g/mol. The van der Waals surface area contributed by atoms with Crippen molar-refractivity contribution in [1.29, 1.82) is 0 Å². The van der Waals surface area contributed by atoms with Crippen molar-refractivity contribution in [2.75, 3.05) is 5.32 Å². The molecule has 0 atom stereocenters. The largest absolute Gasteiger partial charge is 0.508 e. The van der Waals surface area contributed by atoms with E-state index in [1.165, 1.54) is 6.07 Å². The number of carbonyl (C=O) groups excluding carboxylic acids is 1. The van der Waals surface area contributed by atoms with Gasteiger partial charge in [-0.2, -0.15) is 0 Å². The first-order chi connectivity index (χ1) is 8.30. The highest BCUT2D eigenvalue weighted by atomic mass is 16.6. The standard InChI is InChI=1S/C14H17NO3/c1-5-6-10-7-11(9-12(16)8-10)15-13(17)18-14(2,3)4/h1,7-9,16H,6H2,2-4H3,(H,15,17). The van der Waals surface area contributed by atoms with Crippen LogP contribution in [0, 0.1) is 12.3 Å². The minimum Gasteiger partial charge on any atom is -0.508 e. The quantitative estimate of drug-likeness (QED) is 0.790. The second-order valence-electron chi connectivity index (χ2n) is 4.90. The summed E-state index contributed by atoms with van der Waals surface area (Å²) in [4.78, 5) is 11.6. The number of carbonyl (C=O) groups is 1. The summed E-state index contributed by atoms with van der Waals surface area (Å²) in [7, 11) is 0. The van der Waals surface area contributed by atoms with E-state index in [9.17, 15) is 9.90 Å². The minimum absolute atomic E-state index is 0.0498. The third-order valence-electron chi connectivity index (χ3n) is 1.93. The van der Waals surface area contributed by atoms with Gasteiger partial charge < -0.3 is 9.84 Å². The van der Waals surface area contributed by atoms with Gasteiger partial charge in [0.05, 0.1) is 0 Å².